The van der Waals surface area contributed by atoms with Crippen molar-refractivity contribution in [2.24, 2.45) is 0 Å². The lowest BCUT2D eigenvalue weighted by Gasteiger charge is -2.23. The van der Waals surface area contributed by atoms with Gasteiger partial charge < -0.3 is 33.0 Å². The molecule has 2 heterocycles. The van der Waals surface area contributed by atoms with Gasteiger partial charge in [0.25, 0.3) is 0 Å². The number of ether oxygens (including phenoxy) is 6. The Hall–Kier alpha value is -4.11. The van der Waals surface area contributed by atoms with Crippen molar-refractivity contribution in [1.29, 1.82) is 0 Å². The van der Waals surface area contributed by atoms with E-state index in [1.165, 1.54) is 0 Å². The van der Waals surface area contributed by atoms with Crippen molar-refractivity contribution in [3.8, 4) is 62.3 Å². The SMILES string of the molecule is CCOC(=O)Oc1ccccc1-c1c(-c2ccc(OC)c(OC)c2)c2n(c1Br)CCc1cc(OC)c(OC)cc1-2. The highest BCUT2D eigenvalue weighted by Gasteiger charge is 2.31. The lowest BCUT2D eigenvalue weighted by molar-refractivity contribution is 0.104. The largest absolute Gasteiger partial charge is 0.513 e. The van der Waals surface area contributed by atoms with Crippen molar-refractivity contribution < 1.29 is 33.2 Å². The van der Waals surface area contributed by atoms with Crippen LogP contribution in [0.15, 0.2) is 59.2 Å². The molecule has 9 heteroatoms. The molecule has 1 aliphatic rings. The molecule has 0 atom stereocenters. The summed E-state index contributed by atoms with van der Waals surface area (Å²) in [7, 11) is 6.49. The number of benzene rings is 3. The maximum Gasteiger partial charge on any atom is 0.513 e. The van der Waals surface area contributed by atoms with Gasteiger partial charge in [-0.3, -0.25) is 0 Å². The van der Waals surface area contributed by atoms with Gasteiger partial charge in [0.1, 0.15) is 5.75 Å². The summed E-state index contributed by atoms with van der Waals surface area (Å²) in [6, 6.07) is 17.3. The van der Waals surface area contributed by atoms with Crippen LogP contribution in [0.3, 0.4) is 0 Å². The first kappa shape index (κ1) is 27.5. The molecule has 0 N–H and O–H groups in total. The van der Waals surface area contributed by atoms with Crippen LogP contribution in [-0.2, 0) is 17.7 Å². The summed E-state index contributed by atoms with van der Waals surface area (Å²) >= 11 is 3.91. The molecule has 1 aromatic heterocycles. The molecule has 0 radical (unpaired) electrons. The van der Waals surface area contributed by atoms with Crippen LogP contribution < -0.4 is 23.7 Å². The van der Waals surface area contributed by atoms with E-state index in [-0.39, 0.29) is 6.61 Å². The fourth-order valence-corrected chi connectivity index (χ4v) is 5.94. The summed E-state index contributed by atoms with van der Waals surface area (Å²) in [5, 5.41) is 0. The van der Waals surface area contributed by atoms with Crippen molar-refractivity contribution >= 4 is 22.1 Å². The van der Waals surface area contributed by atoms with Crippen LogP contribution in [0.25, 0.3) is 33.5 Å². The number of hydrogen-bond donors (Lipinski definition) is 0. The third-order valence-corrected chi connectivity index (χ3v) is 7.78. The second-order valence-electron chi connectivity index (χ2n) is 9.01. The Morgan fingerprint density at radius 2 is 1.48 bits per heavy atom. The van der Waals surface area contributed by atoms with Crippen LogP contribution in [0.4, 0.5) is 4.79 Å². The van der Waals surface area contributed by atoms with E-state index in [1.807, 2.05) is 48.5 Å². The predicted molar refractivity (Wildman–Crippen MR) is 156 cm³/mol. The second kappa shape index (κ2) is 11.6. The fraction of sp³-hybridized carbons (Fsp3) is 0.258. The topological polar surface area (TPSA) is 77.4 Å². The summed E-state index contributed by atoms with van der Waals surface area (Å²) in [5.74, 6) is 2.93. The van der Waals surface area contributed by atoms with Gasteiger partial charge in [-0.05, 0) is 70.7 Å². The number of para-hydroxylation sites is 1. The fourth-order valence-electron chi connectivity index (χ4n) is 5.18. The maximum absolute atomic E-state index is 12.4. The molecule has 0 saturated carbocycles. The summed E-state index contributed by atoms with van der Waals surface area (Å²) in [6.07, 6.45) is 0.0340. The Balaban J connectivity index is 1.84. The van der Waals surface area contributed by atoms with Crippen LogP contribution in [0, 0.1) is 0 Å². The zero-order chi connectivity index (χ0) is 28.4. The number of carbonyl (C=O) groups is 1. The Labute approximate surface area is 241 Å². The average molecular weight is 608 g/mol. The van der Waals surface area contributed by atoms with Crippen LogP contribution in [-0.4, -0.2) is 45.8 Å². The minimum atomic E-state index is -0.759. The van der Waals surface area contributed by atoms with E-state index >= 15 is 0 Å². The number of methoxy groups -OCH3 is 4. The highest BCUT2D eigenvalue weighted by molar-refractivity contribution is 9.10. The first-order chi connectivity index (χ1) is 19.4. The molecule has 40 heavy (non-hydrogen) atoms. The van der Waals surface area contributed by atoms with E-state index in [0.717, 1.165) is 56.6 Å². The van der Waals surface area contributed by atoms with Crippen LogP contribution in [0.1, 0.15) is 12.5 Å². The summed E-state index contributed by atoms with van der Waals surface area (Å²) in [5.41, 5.74) is 6.57. The van der Waals surface area contributed by atoms with E-state index in [0.29, 0.717) is 28.7 Å². The van der Waals surface area contributed by atoms with Gasteiger partial charge in [-0.2, -0.15) is 0 Å². The molecule has 8 nitrogen and oxygen atoms in total. The highest BCUT2D eigenvalue weighted by atomic mass is 79.9. The van der Waals surface area contributed by atoms with Crippen molar-refractivity contribution in [2.75, 3.05) is 35.0 Å². The Kier molecular flexibility index (Phi) is 7.93. The number of carbonyl (C=O) groups excluding carboxylic acids is 1. The van der Waals surface area contributed by atoms with Crippen molar-refractivity contribution in [3.05, 3.63) is 64.8 Å². The van der Waals surface area contributed by atoms with Crippen LogP contribution in [0.5, 0.6) is 28.7 Å². The van der Waals surface area contributed by atoms with Crippen molar-refractivity contribution in [3.63, 3.8) is 0 Å². The standard InChI is InChI=1S/C31H30BrNO7/c1-6-39-31(34)40-22-10-8-7-9-20(22)28-27(19-11-12-23(35-2)24(16-19)36-3)29-21-17-26(38-5)25(37-4)15-18(21)13-14-33(29)30(28)32/h7-12,15-17H,6,13-14H2,1-5H3. The molecular formula is C31H30BrNO7. The molecule has 208 valence electrons. The Bertz CT molecular complexity index is 1580. The van der Waals surface area contributed by atoms with E-state index in [2.05, 4.69) is 20.5 Å². The molecule has 0 spiro atoms. The first-order valence-electron chi connectivity index (χ1n) is 12.8. The number of rotatable bonds is 8. The molecule has 0 aliphatic carbocycles. The van der Waals surface area contributed by atoms with Gasteiger partial charge in [-0.15, -0.1) is 0 Å². The van der Waals surface area contributed by atoms with Gasteiger partial charge in [-0.25, -0.2) is 4.79 Å². The lowest BCUT2D eigenvalue weighted by Crippen LogP contribution is -2.12. The van der Waals surface area contributed by atoms with Gasteiger partial charge in [0.2, 0.25) is 0 Å². The summed E-state index contributed by atoms with van der Waals surface area (Å²) < 4.78 is 36.3. The quantitative estimate of drug-likeness (QED) is 0.153. The molecule has 0 fully saturated rings. The van der Waals surface area contributed by atoms with Gasteiger partial charge in [0.05, 0.1) is 45.3 Å². The highest BCUT2D eigenvalue weighted by Crippen LogP contribution is 2.53. The van der Waals surface area contributed by atoms with Crippen LogP contribution in [0.2, 0.25) is 0 Å². The maximum atomic E-state index is 12.4. The Morgan fingerprint density at radius 1 is 0.800 bits per heavy atom. The molecular weight excluding hydrogens is 578 g/mol. The molecule has 5 rings (SSSR count). The first-order valence-corrected chi connectivity index (χ1v) is 13.6. The zero-order valence-corrected chi connectivity index (χ0v) is 24.6. The average Bonchev–Trinajstić information content (AvgIpc) is 3.28. The number of aromatic nitrogens is 1. The smallest absolute Gasteiger partial charge is 0.493 e. The molecule has 4 aromatic rings. The van der Waals surface area contributed by atoms with Crippen molar-refractivity contribution in [1.82, 2.24) is 4.57 Å². The van der Waals surface area contributed by atoms with E-state index in [1.54, 1.807) is 41.4 Å². The van der Waals surface area contributed by atoms with Gasteiger partial charge in [0.15, 0.2) is 23.0 Å². The third kappa shape index (κ3) is 4.75. The monoisotopic (exact) mass is 607 g/mol. The van der Waals surface area contributed by atoms with Crippen LogP contribution >= 0.6 is 15.9 Å². The van der Waals surface area contributed by atoms with E-state index in [4.69, 9.17) is 28.4 Å². The number of halogens is 1. The molecule has 0 amide bonds. The third-order valence-electron chi connectivity index (χ3n) is 6.95. The van der Waals surface area contributed by atoms with Crippen molar-refractivity contribution in [2.45, 2.75) is 19.9 Å². The molecule has 1 aliphatic heterocycles. The number of nitrogens with zero attached hydrogens (tertiary/aromatic N) is 1. The molecule has 0 bridgehead atoms. The van der Waals surface area contributed by atoms with Gasteiger partial charge in [0, 0.05) is 28.8 Å². The number of aryl methyl sites for hydroxylation is 1. The zero-order valence-electron chi connectivity index (χ0n) is 23.0. The Morgan fingerprint density at radius 3 is 2.17 bits per heavy atom. The summed E-state index contributed by atoms with van der Waals surface area (Å²) in [4.78, 5) is 12.4. The van der Waals surface area contributed by atoms with E-state index < -0.39 is 6.16 Å². The molecule has 0 saturated heterocycles. The number of fused-ring (bicyclic) bond motifs is 3. The molecule has 3 aromatic carbocycles. The minimum absolute atomic E-state index is 0.212. The normalized spacial score (nSPS) is 11.8. The number of hydrogen-bond acceptors (Lipinski definition) is 7. The van der Waals surface area contributed by atoms with Gasteiger partial charge >= 0.3 is 6.16 Å². The second-order valence-corrected chi connectivity index (χ2v) is 9.76. The minimum Gasteiger partial charge on any atom is -0.493 e. The predicted octanol–water partition coefficient (Wildman–Crippen LogP) is 7.38. The lowest BCUT2D eigenvalue weighted by atomic mass is 9.90. The van der Waals surface area contributed by atoms with E-state index in [9.17, 15) is 4.79 Å². The van der Waals surface area contributed by atoms with Gasteiger partial charge in [-0.1, -0.05) is 24.3 Å². The molecule has 0 unspecified atom stereocenters. The summed E-state index contributed by atoms with van der Waals surface area (Å²) in [6.45, 7) is 2.67.